The van der Waals surface area contributed by atoms with E-state index in [1.807, 2.05) is 43.3 Å². The third-order valence-corrected chi connectivity index (χ3v) is 5.27. The number of carbonyl (C=O) groups is 1. The van der Waals surface area contributed by atoms with Gasteiger partial charge in [0.15, 0.2) is 11.5 Å². The standard InChI is InChI=1S/C24H19BrN4O3/c1-2-32-22-12-15(11-19(25)23(22)30)14-27-29-24(31)18-13-21(16-7-9-26-10-8-16)28-20-6-4-3-5-17(18)20/h3-14,30H,2H2,1H3,(H,29,31)/b27-14+. The lowest BCUT2D eigenvalue weighted by atomic mass is 10.0. The summed E-state index contributed by atoms with van der Waals surface area (Å²) in [6, 6.07) is 16.2. The van der Waals surface area contributed by atoms with Crippen molar-refractivity contribution >= 4 is 39.0 Å². The van der Waals surface area contributed by atoms with E-state index in [-0.39, 0.29) is 11.7 Å². The van der Waals surface area contributed by atoms with Crippen molar-refractivity contribution in [1.29, 1.82) is 0 Å². The molecule has 2 aromatic heterocycles. The van der Waals surface area contributed by atoms with E-state index in [1.165, 1.54) is 6.21 Å². The summed E-state index contributed by atoms with van der Waals surface area (Å²) in [6.45, 7) is 2.24. The number of phenolic OH excluding ortho intramolecular Hbond substituents is 1. The molecule has 2 aromatic carbocycles. The molecule has 0 radical (unpaired) electrons. The molecule has 32 heavy (non-hydrogen) atoms. The quantitative estimate of drug-likeness (QED) is 0.295. The van der Waals surface area contributed by atoms with Crippen molar-refractivity contribution in [3.8, 4) is 22.8 Å². The van der Waals surface area contributed by atoms with Crippen LogP contribution in [0.3, 0.4) is 0 Å². The van der Waals surface area contributed by atoms with Gasteiger partial charge >= 0.3 is 0 Å². The number of ether oxygens (including phenoxy) is 1. The maximum atomic E-state index is 13.0. The van der Waals surface area contributed by atoms with Crippen molar-refractivity contribution in [3.63, 3.8) is 0 Å². The summed E-state index contributed by atoms with van der Waals surface area (Å²) in [6.07, 6.45) is 4.85. The Balaban J connectivity index is 1.63. The fraction of sp³-hybridized carbons (Fsp3) is 0.0833. The molecule has 1 amide bonds. The summed E-state index contributed by atoms with van der Waals surface area (Å²) in [7, 11) is 0. The molecule has 0 bridgehead atoms. The number of fused-ring (bicyclic) bond motifs is 1. The number of nitrogens with one attached hydrogen (secondary N) is 1. The zero-order valence-electron chi connectivity index (χ0n) is 17.1. The van der Waals surface area contributed by atoms with Gasteiger partial charge in [-0.05, 0) is 64.8 Å². The zero-order chi connectivity index (χ0) is 22.5. The third-order valence-electron chi connectivity index (χ3n) is 4.67. The molecule has 0 fully saturated rings. The summed E-state index contributed by atoms with van der Waals surface area (Å²) in [5.74, 6) is -0.0188. The Morgan fingerprint density at radius 2 is 1.97 bits per heavy atom. The lowest BCUT2D eigenvalue weighted by molar-refractivity contribution is 0.0956. The summed E-state index contributed by atoms with van der Waals surface area (Å²) in [4.78, 5) is 21.7. The minimum absolute atomic E-state index is 0.0138. The van der Waals surface area contributed by atoms with Gasteiger partial charge in [-0.15, -0.1) is 0 Å². The average molecular weight is 491 g/mol. The molecule has 0 aliphatic rings. The molecule has 4 rings (SSSR count). The smallest absolute Gasteiger partial charge is 0.272 e. The first-order valence-electron chi connectivity index (χ1n) is 9.85. The summed E-state index contributed by atoms with van der Waals surface area (Å²) < 4.78 is 5.89. The van der Waals surface area contributed by atoms with Gasteiger partial charge in [-0.1, -0.05) is 18.2 Å². The molecule has 8 heteroatoms. The number of hydrogen-bond acceptors (Lipinski definition) is 6. The molecule has 2 N–H and O–H groups in total. The molecule has 4 aromatic rings. The number of aromatic nitrogens is 2. The van der Waals surface area contributed by atoms with Crippen LogP contribution in [0.25, 0.3) is 22.2 Å². The van der Waals surface area contributed by atoms with Gasteiger partial charge in [0, 0.05) is 23.3 Å². The molecule has 0 saturated carbocycles. The van der Waals surface area contributed by atoms with Gasteiger partial charge in [-0.25, -0.2) is 10.4 Å². The van der Waals surface area contributed by atoms with Crippen molar-refractivity contribution in [2.45, 2.75) is 6.92 Å². The Bertz CT molecular complexity index is 1310. The van der Waals surface area contributed by atoms with Crippen LogP contribution >= 0.6 is 15.9 Å². The van der Waals surface area contributed by atoms with E-state index in [1.54, 1.807) is 30.6 Å². The minimum atomic E-state index is -0.363. The van der Waals surface area contributed by atoms with Crippen LogP contribution in [0.1, 0.15) is 22.8 Å². The molecule has 0 unspecified atom stereocenters. The Hall–Kier alpha value is -3.78. The fourth-order valence-electron chi connectivity index (χ4n) is 3.19. The first-order valence-corrected chi connectivity index (χ1v) is 10.6. The van der Waals surface area contributed by atoms with Crippen LogP contribution in [-0.2, 0) is 0 Å². The maximum Gasteiger partial charge on any atom is 0.272 e. The number of halogens is 1. The highest BCUT2D eigenvalue weighted by Crippen LogP contribution is 2.35. The molecule has 160 valence electrons. The van der Waals surface area contributed by atoms with Crippen LogP contribution in [0, 0.1) is 0 Å². The van der Waals surface area contributed by atoms with Crippen molar-refractivity contribution in [1.82, 2.24) is 15.4 Å². The first kappa shape index (κ1) is 21.5. The number of rotatable bonds is 6. The van der Waals surface area contributed by atoms with Crippen LogP contribution in [0.2, 0.25) is 0 Å². The number of benzene rings is 2. The molecule has 0 atom stereocenters. The Morgan fingerprint density at radius 1 is 1.19 bits per heavy atom. The Labute approximate surface area is 192 Å². The van der Waals surface area contributed by atoms with E-state index < -0.39 is 0 Å². The second-order valence-corrected chi connectivity index (χ2v) is 7.64. The highest BCUT2D eigenvalue weighted by molar-refractivity contribution is 9.10. The molecule has 0 aliphatic heterocycles. The molecule has 0 aliphatic carbocycles. The zero-order valence-corrected chi connectivity index (χ0v) is 18.7. The third kappa shape index (κ3) is 4.60. The van der Waals surface area contributed by atoms with Crippen LogP contribution < -0.4 is 10.2 Å². The summed E-state index contributed by atoms with van der Waals surface area (Å²) in [5, 5.41) is 14.9. The average Bonchev–Trinajstić information content (AvgIpc) is 2.82. The van der Waals surface area contributed by atoms with Crippen molar-refractivity contribution < 1.29 is 14.6 Å². The topological polar surface area (TPSA) is 96.7 Å². The number of nitrogens with zero attached hydrogens (tertiary/aromatic N) is 3. The number of hydrogen-bond donors (Lipinski definition) is 2. The molecular formula is C24H19BrN4O3. The predicted octanol–water partition coefficient (Wildman–Crippen LogP) is 4.93. The molecular weight excluding hydrogens is 472 g/mol. The Morgan fingerprint density at radius 3 is 2.75 bits per heavy atom. The van der Waals surface area contributed by atoms with E-state index in [2.05, 4.69) is 36.4 Å². The van der Waals surface area contributed by atoms with Crippen molar-refractivity contribution in [2.24, 2.45) is 5.10 Å². The van der Waals surface area contributed by atoms with Gasteiger partial charge in [0.25, 0.3) is 5.91 Å². The number of hydrazone groups is 1. The number of pyridine rings is 2. The largest absolute Gasteiger partial charge is 0.503 e. The molecule has 2 heterocycles. The van der Waals surface area contributed by atoms with Gasteiger partial charge in [-0.2, -0.15) is 5.10 Å². The van der Waals surface area contributed by atoms with E-state index in [0.29, 0.717) is 39.2 Å². The highest BCUT2D eigenvalue weighted by Gasteiger charge is 2.14. The van der Waals surface area contributed by atoms with Crippen LogP contribution in [-0.4, -0.2) is 33.8 Å². The van der Waals surface area contributed by atoms with E-state index in [4.69, 9.17) is 4.74 Å². The second kappa shape index (κ2) is 9.57. The Kier molecular flexibility index (Phi) is 6.42. The summed E-state index contributed by atoms with van der Waals surface area (Å²) >= 11 is 3.29. The fourth-order valence-corrected chi connectivity index (χ4v) is 3.65. The lowest BCUT2D eigenvalue weighted by Crippen LogP contribution is -2.18. The molecule has 0 spiro atoms. The molecule has 0 saturated heterocycles. The highest BCUT2D eigenvalue weighted by atomic mass is 79.9. The normalized spacial score (nSPS) is 11.1. The number of carbonyl (C=O) groups excluding carboxylic acids is 1. The predicted molar refractivity (Wildman–Crippen MR) is 127 cm³/mol. The van der Waals surface area contributed by atoms with Crippen LogP contribution in [0.5, 0.6) is 11.5 Å². The lowest BCUT2D eigenvalue weighted by Gasteiger charge is -2.09. The van der Waals surface area contributed by atoms with E-state index in [9.17, 15) is 9.90 Å². The van der Waals surface area contributed by atoms with E-state index in [0.717, 1.165) is 10.9 Å². The van der Waals surface area contributed by atoms with Crippen molar-refractivity contribution in [2.75, 3.05) is 6.61 Å². The number of amides is 1. The monoisotopic (exact) mass is 490 g/mol. The van der Waals surface area contributed by atoms with Gasteiger partial charge in [-0.3, -0.25) is 9.78 Å². The SMILES string of the molecule is CCOc1cc(/C=N/NC(=O)c2cc(-c3ccncc3)nc3ccccc23)cc(Br)c1O. The number of phenols is 1. The molecule has 7 nitrogen and oxygen atoms in total. The minimum Gasteiger partial charge on any atom is -0.503 e. The first-order chi connectivity index (χ1) is 15.6. The van der Waals surface area contributed by atoms with Gasteiger partial charge in [0.1, 0.15) is 0 Å². The number of aromatic hydroxyl groups is 1. The maximum absolute atomic E-state index is 13.0. The van der Waals surface area contributed by atoms with Gasteiger partial charge < -0.3 is 9.84 Å². The second-order valence-electron chi connectivity index (χ2n) is 6.79. The summed E-state index contributed by atoms with van der Waals surface area (Å²) in [5.41, 5.74) is 5.92. The van der Waals surface area contributed by atoms with Crippen molar-refractivity contribution in [3.05, 3.63) is 82.6 Å². The van der Waals surface area contributed by atoms with Crippen LogP contribution in [0.15, 0.2) is 76.6 Å². The van der Waals surface area contributed by atoms with Gasteiger partial charge in [0.2, 0.25) is 0 Å². The van der Waals surface area contributed by atoms with Crippen LogP contribution in [0.4, 0.5) is 0 Å². The van der Waals surface area contributed by atoms with Gasteiger partial charge in [0.05, 0.1) is 34.1 Å². The van der Waals surface area contributed by atoms with E-state index >= 15 is 0 Å². The number of para-hydroxylation sites is 1.